The summed E-state index contributed by atoms with van der Waals surface area (Å²) in [7, 11) is 0. The number of carboxylic acids is 1. The molecular formula is C13H16O5. The first-order chi connectivity index (χ1) is 8.61. The molecule has 5 heteroatoms. The van der Waals surface area contributed by atoms with Crippen LogP contribution in [0.25, 0.3) is 0 Å². The summed E-state index contributed by atoms with van der Waals surface area (Å²) in [5.74, 6) is -1.39. The fraction of sp³-hybridized carbons (Fsp3) is 0.462. The zero-order valence-electron chi connectivity index (χ0n) is 10.2. The summed E-state index contributed by atoms with van der Waals surface area (Å²) in [5.41, 5.74) is 3.39. The SMILES string of the molecule is CC=C=CC(=CC(=O)OCC1CO1)CCC(=O)O. The Morgan fingerprint density at radius 1 is 1.50 bits per heavy atom. The van der Waals surface area contributed by atoms with Crippen molar-refractivity contribution in [2.45, 2.75) is 25.9 Å². The van der Waals surface area contributed by atoms with E-state index in [1.165, 1.54) is 6.08 Å². The lowest BCUT2D eigenvalue weighted by Gasteiger charge is -2.01. The van der Waals surface area contributed by atoms with E-state index in [0.29, 0.717) is 12.2 Å². The number of ether oxygens (including phenoxy) is 2. The largest absolute Gasteiger partial charge is 0.481 e. The smallest absolute Gasteiger partial charge is 0.331 e. The minimum Gasteiger partial charge on any atom is -0.481 e. The second kappa shape index (κ2) is 7.48. The highest BCUT2D eigenvalue weighted by Crippen LogP contribution is 2.10. The highest BCUT2D eigenvalue weighted by molar-refractivity contribution is 5.83. The lowest BCUT2D eigenvalue weighted by Crippen LogP contribution is -2.08. The van der Waals surface area contributed by atoms with E-state index in [-0.39, 0.29) is 25.6 Å². The lowest BCUT2D eigenvalue weighted by molar-refractivity contribution is -0.139. The number of carboxylic acid groups (broad SMARTS) is 1. The van der Waals surface area contributed by atoms with Crippen molar-refractivity contribution in [3.63, 3.8) is 0 Å². The summed E-state index contributed by atoms with van der Waals surface area (Å²) in [6, 6.07) is 0. The van der Waals surface area contributed by atoms with E-state index in [1.807, 2.05) is 0 Å². The molecule has 98 valence electrons. The third kappa shape index (κ3) is 6.68. The van der Waals surface area contributed by atoms with Crippen LogP contribution in [0, 0.1) is 0 Å². The maximum absolute atomic E-state index is 11.4. The first kappa shape index (κ1) is 14.2. The first-order valence-electron chi connectivity index (χ1n) is 5.69. The van der Waals surface area contributed by atoms with Crippen molar-refractivity contribution >= 4 is 11.9 Å². The van der Waals surface area contributed by atoms with Gasteiger partial charge in [0.05, 0.1) is 6.61 Å². The molecule has 1 rings (SSSR count). The molecule has 0 aromatic carbocycles. The van der Waals surface area contributed by atoms with E-state index in [2.05, 4.69) is 5.73 Å². The van der Waals surface area contributed by atoms with Crippen LogP contribution in [-0.2, 0) is 19.1 Å². The van der Waals surface area contributed by atoms with Crippen LogP contribution in [0.5, 0.6) is 0 Å². The van der Waals surface area contributed by atoms with Gasteiger partial charge in [-0.2, -0.15) is 0 Å². The normalized spacial score (nSPS) is 17.6. The molecule has 0 aliphatic carbocycles. The Kier molecular flexibility index (Phi) is 5.91. The molecule has 5 nitrogen and oxygen atoms in total. The average Bonchev–Trinajstić information content (AvgIpc) is 3.13. The van der Waals surface area contributed by atoms with Crippen LogP contribution in [-0.4, -0.2) is 36.4 Å². The molecule has 1 aliphatic rings. The summed E-state index contributed by atoms with van der Waals surface area (Å²) in [6.07, 6.45) is 4.81. The third-order valence-corrected chi connectivity index (χ3v) is 2.18. The third-order valence-electron chi connectivity index (χ3n) is 2.18. The Morgan fingerprint density at radius 2 is 2.22 bits per heavy atom. The molecule has 0 amide bonds. The zero-order valence-corrected chi connectivity index (χ0v) is 10.2. The number of esters is 1. The predicted octanol–water partition coefficient (Wildman–Crippen LogP) is 1.45. The van der Waals surface area contributed by atoms with Crippen LogP contribution in [0.2, 0.25) is 0 Å². The minimum atomic E-state index is -0.908. The topological polar surface area (TPSA) is 76.1 Å². The van der Waals surface area contributed by atoms with E-state index in [4.69, 9.17) is 14.6 Å². The molecule has 18 heavy (non-hydrogen) atoms. The first-order valence-corrected chi connectivity index (χ1v) is 5.69. The molecule has 0 aromatic rings. The second-order valence-electron chi connectivity index (χ2n) is 3.80. The maximum atomic E-state index is 11.4. The van der Waals surface area contributed by atoms with Crippen molar-refractivity contribution in [2.24, 2.45) is 0 Å². The van der Waals surface area contributed by atoms with Gasteiger partial charge in [0.15, 0.2) is 0 Å². The number of hydrogen-bond donors (Lipinski definition) is 1. The minimum absolute atomic E-state index is 0.0240. The van der Waals surface area contributed by atoms with E-state index < -0.39 is 11.9 Å². The maximum Gasteiger partial charge on any atom is 0.331 e. The van der Waals surface area contributed by atoms with Crippen LogP contribution in [0.3, 0.4) is 0 Å². The second-order valence-corrected chi connectivity index (χ2v) is 3.80. The van der Waals surface area contributed by atoms with Crippen molar-refractivity contribution in [2.75, 3.05) is 13.2 Å². The molecule has 1 N–H and O–H groups in total. The molecule has 0 radical (unpaired) electrons. The molecule has 1 saturated heterocycles. The Morgan fingerprint density at radius 3 is 2.78 bits per heavy atom. The summed E-state index contributed by atoms with van der Waals surface area (Å²) in [5, 5.41) is 8.60. The molecule has 1 aliphatic heterocycles. The molecule has 1 heterocycles. The van der Waals surface area contributed by atoms with Crippen LogP contribution < -0.4 is 0 Å². The van der Waals surface area contributed by atoms with Gasteiger partial charge < -0.3 is 14.6 Å². The van der Waals surface area contributed by atoms with Crippen molar-refractivity contribution in [3.05, 3.63) is 29.5 Å². The molecule has 1 unspecified atom stereocenters. The number of hydrogen-bond acceptors (Lipinski definition) is 4. The molecule has 0 saturated carbocycles. The molecular weight excluding hydrogens is 236 g/mol. The summed E-state index contributed by atoms with van der Waals surface area (Å²) in [6.45, 7) is 2.66. The molecule has 1 fully saturated rings. The summed E-state index contributed by atoms with van der Waals surface area (Å²) < 4.78 is 9.84. The van der Waals surface area contributed by atoms with Gasteiger partial charge in [0.2, 0.25) is 0 Å². The Balaban J connectivity index is 2.51. The number of rotatable bonds is 7. The van der Waals surface area contributed by atoms with E-state index in [9.17, 15) is 9.59 Å². The highest BCUT2D eigenvalue weighted by atomic mass is 16.6. The summed E-state index contributed by atoms with van der Waals surface area (Å²) in [4.78, 5) is 21.9. The standard InChI is InChI=1S/C13H16O5/c1-2-3-4-10(5-6-12(14)15)7-13(16)18-9-11-8-17-11/h2,4,7,11H,5-6,8-9H2,1H3,(H,14,15). The van der Waals surface area contributed by atoms with E-state index in [1.54, 1.807) is 19.1 Å². The number of allylic oxidation sites excluding steroid dienone is 2. The van der Waals surface area contributed by atoms with Gasteiger partial charge in [0.1, 0.15) is 12.7 Å². The van der Waals surface area contributed by atoms with Gasteiger partial charge in [0.25, 0.3) is 0 Å². The van der Waals surface area contributed by atoms with Crippen LogP contribution in [0.1, 0.15) is 19.8 Å². The number of carbonyl (C=O) groups is 2. The van der Waals surface area contributed by atoms with E-state index in [0.717, 1.165) is 0 Å². The van der Waals surface area contributed by atoms with Crippen molar-refractivity contribution < 1.29 is 24.2 Å². The monoisotopic (exact) mass is 252 g/mol. The van der Waals surface area contributed by atoms with Gasteiger partial charge in [-0.3, -0.25) is 4.79 Å². The molecule has 0 aromatic heterocycles. The Hall–Kier alpha value is -1.84. The van der Waals surface area contributed by atoms with Gasteiger partial charge in [-0.1, -0.05) is 0 Å². The molecule has 0 bridgehead atoms. The van der Waals surface area contributed by atoms with Gasteiger partial charge in [-0.15, -0.1) is 5.73 Å². The van der Waals surface area contributed by atoms with E-state index >= 15 is 0 Å². The summed E-state index contributed by atoms with van der Waals surface area (Å²) >= 11 is 0. The predicted molar refractivity (Wildman–Crippen MR) is 64.0 cm³/mol. The zero-order chi connectivity index (χ0) is 13.4. The van der Waals surface area contributed by atoms with Crippen molar-refractivity contribution in [3.8, 4) is 0 Å². The van der Waals surface area contributed by atoms with Crippen LogP contribution >= 0.6 is 0 Å². The lowest BCUT2D eigenvalue weighted by atomic mass is 10.1. The number of epoxide rings is 1. The fourth-order valence-corrected chi connectivity index (χ4v) is 1.16. The van der Waals surface area contributed by atoms with Crippen LogP contribution in [0.15, 0.2) is 29.5 Å². The van der Waals surface area contributed by atoms with Gasteiger partial charge >= 0.3 is 11.9 Å². The Bertz CT molecular complexity index is 398. The molecule has 1 atom stereocenters. The quantitative estimate of drug-likeness (QED) is 0.244. The molecule has 0 spiro atoms. The van der Waals surface area contributed by atoms with Gasteiger partial charge in [-0.05, 0) is 31.1 Å². The number of aliphatic carboxylic acids is 1. The van der Waals surface area contributed by atoms with Crippen LogP contribution in [0.4, 0.5) is 0 Å². The Labute approximate surface area is 105 Å². The highest BCUT2D eigenvalue weighted by Gasteiger charge is 2.23. The van der Waals surface area contributed by atoms with Crippen molar-refractivity contribution in [1.29, 1.82) is 0 Å². The average molecular weight is 252 g/mol. The fourth-order valence-electron chi connectivity index (χ4n) is 1.16. The van der Waals surface area contributed by atoms with Gasteiger partial charge in [-0.25, -0.2) is 4.79 Å². The number of carbonyl (C=O) groups excluding carboxylic acids is 1. The van der Waals surface area contributed by atoms with Crippen molar-refractivity contribution in [1.82, 2.24) is 0 Å². The van der Waals surface area contributed by atoms with Gasteiger partial charge in [0, 0.05) is 12.5 Å².